The molecule has 36 heavy (non-hydrogen) atoms. The highest BCUT2D eigenvalue weighted by Gasteiger charge is 2.19. The zero-order valence-corrected chi connectivity index (χ0v) is 22.1. The first-order chi connectivity index (χ1) is 17.2. The minimum atomic E-state index is -0.190. The Hall–Kier alpha value is -3.59. The third-order valence-electron chi connectivity index (χ3n) is 6.04. The highest BCUT2D eigenvalue weighted by atomic mass is 32.2. The van der Waals surface area contributed by atoms with Gasteiger partial charge in [0.1, 0.15) is 5.75 Å². The summed E-state index contributed by atoms with van der Waals surface area (Å²) in [5.74, 6) is 1.72. The second kappa shape index (κ2) is 10.6. The van der Waals surface area contributed by atoms with Crippen molar-refractivity contribution < 1.29 is 18.5 Å². The molecule has 0 unspecified atom stereocenters. The normalized spacial score (nSPS) is 11.9. The fourth-order valence-corrected chi connectivity index (χ4v) is 4.73. The van der Waals surface area contributed by atoms with Gasteiger partial charge < -0.3 is 13.7 Å². The molecule has 0 atom stereocenters. The monoisotopic (exact) mass is 507 g/mol. The number of allylic oxidation sites excluding steroid dienone is 1. The molecule has 0 aliphatic heterocycles. The Morgan fingerprint density at radius 1 is 1.11 bits per heavy atom. The average Bonchev–Trinajstić information content (AvgIpc) is 3.40. The van der Waals surface area contributed by atoms with Gasteiger partial charge in [-0.15, -0.1) is 10.2 Å². The first kappa shape index (κ1) is 25.5. The van der Waals surface area contributed by atoms with Crippen LogP contribution in [0.15, 0.2) is 44.1 Å². The Morgan fingerprint density at radius 3 is 2.50 bits per heavy atom. The maximum Gasteiger partial charge on any atom is 0.290 e. The van der Waals surface area contributed by atoms with E-state index in [2.05, 4.69) is 16.3 Å². The number of carbonyl (C=O) groups is 1. The molecule has 2 aromatic heterocycles. The van der Waals surface area contributed by atoms with Crippen molar-refractivity contribution in [1.29, 1.82) is 0 Å². The number of ether oxygens (including phenoxy) is 1. The molecule has 0 aliphatic rings. The van der Waals surface area contributed by atoms with E-state index in [9.17, 15) is 9.59 Å². The lowest BCUT2D eigenvalue weighted by atomic mass is 9.91. The number of unbranched alkanes of at least 4 members (excludes halogenated alkanes) is 1. The Morgan fingerprint density at radius 2 is 1.83 bits per heavy atom. The Kier molecular flexibility index (Phi) is 7.49. The smallest absolute Gasteiger partial charge is 0.290 e. The summed E-state index contributed by atoms with van der Waals surface area (Å²) in [7, 11) is 3.17. The number of aryl methyl sites for hydroxylation is 5. The number of benzene rings is 2. The van der Waals surface area contributed by atoms with Crippen LogP contribution < -0.4 is 10.3 Å². The van der Waals surface area contributed by atoms with Gasteiger partial charge in [-0.2, -0.15) is 4.74 Å². The predicted octanol–water partition coefficient (Wildman–Crippen LogP) is 5.41. The highest BCUT2D eigenvalue weighted by molar-refractivity contribution is 8.13. The quantitative estimate of drug-likeness (QED) is 0.292. The number of fused-ring (bicyclic) bond motifs is 1. The van der Waals surface area contributed by atoms with Crippen LogP contribution in [0.4, 0.5) is 0 Å². The van der Waals surface area contributed by atoms with Crippen LogP contribution in [0.25, 0.3) is 16.5 Å². The first-order valence-corrected chi connectivity index (χ1v) is 12.8. The summed E-state index contributed by atoms with van der Waals surface area (Å²) in [5, 5.41) is 8.40. The number of rotatable bonds is 8. The number of nitrogens with zero attached hydrogens (tertiary/aromatic N) is 3. The van der Waals surface area contributed by atoms with E-state index >= 15 is 0 Å². The van der Waals surface area contributed by atoms with E-state index in [4.69, 9.17) is 13.7 Å². The van der Waals surface area contributed by atoms with Crippen molar-refractivity contribution in [2.24, 2.45) is 7.05 Å². The molecule has 0 saturated heterocycles. The van der Waals surface area contributed by atoms with Gasteiger partial charge in [-0.1, -0.05) is 17.8 Å². The van der Waals surface area contributed by atoms with E-state index in [-0.39, 0.29) is 10.7 Å². The summed E-state index contributed by atoms with van der Waals surface area (Å²) in [6.45, 7) is 5.62. The molecule has 0 fully saturated rings. The predicted molar refractivity (Wildman–Crippen MR) is 141 cm³/mol. The van der Waals surface area contributed by atoms with Gasteiger partial charge in [-0.25, -0.2) is 0 Å². The van der Waals surface area contributed by atoms with Crippen LogP contribution >= 0.6 is 11.8 Å². The maximum absolute atomic E-state index is 12.7. The summed E-state index contributed by atoms with van der Waals surface area (Å²) in [5.41, 5.74) is 5.29. The molecule has 4 aromatic rings. The summed E-state index contributed by atoms with van der Waals surface area (Å²) in [6, 6.07) is 7.74. The van der Waals surface area contributed by atoms with Gasteiger partial charge in [0.2, 0.25) is 16.9 Å². The van der Waals surface area contributed by atoms with Crippen LogP contribution in [0.2, 0.25) is 0 Å². The zero-order valence-electron chi connectivity index (χ0n) is 21.3. The van der Waals surface area contributed by atoms with Gasteiger partial charge in [-0.05, 0) is 85.0 Å². The first-order valence-electron chi connectivity index (χ1n) is 11.6. The molecule has 0 radical (unpaired) electrons. The molecule has 0 bridgehead atoms. The molecule has 2 heterocycles. The molecule has 0 amide bonds. The third kappa shape index (κ3) is 5.02. The van der Waals surface area contributed by atoms with Crippen molar-refractivity contribution in [1.82, 2.24) is 14.9 Å². The Balaban J connectivity index is 1.82. The zero-order chi connectivity index (χ0) is 26.0. The summed E-state index contributed by atoms with van der Waals surface area (Å²) >= 11 is 1.14. The van der Waals surface area contributed by atoms with E-state index in [0.717, 1.165) is 52.4 Å². The van der Waals surface area contributed by atoms with Crippen molar-refractivity contribution in [2.45, 2.75) is 40.0 Å². The second-order valence-corrected chi connectivity index (χ2v) is 9.43. The lowest BCUT2D eigenvalue weighted by Crippen LogP contribution is -2.09. The van der Waals surface area contributed by atoms with Crippen molar-refractivity contribution >= 4 is 33.4 Å². The van der Waals surface area contributed by atoms with Gasteiger partial charge in [0.15, 0.2) is 5.58 Å². The van der Waals surface area contributed by atoms with Crippen LogP contribution in [0, 0.1) is 20.8 Å². The third-order valence-corrected chi connectivity index (χ3v) is 6.63. The maximum atomic E-state index is 12.7. The van der Waals surface area contributed by atoms with Gasteiger partial charge in [-0.3, -0.25) is 9.59 Å². The Bertz CT molecular complexity index is 1530. The molecule has 0 spiro atoms. The molecule has 2 aromatic carbocycles. The molecule has 0 aliphatic carbocycles. The van der Waals surface area contributed by atoms with E-state index in [1.807, 2.05) is 38.1 Å². The number of carbonyl (C=O) groups excluding carboxylic acids is 1. The van der Waals surface area contributed by atoms with Crippen LogP contribution in [-0.4, -0.2) is 33.4 Å². The molecule has 188 valence electrons. The summed E-state index contributed by atoms with van der Waals surface area (Å²) in [4.78, 5) is 25.4. The largest absolute Gasteiger partial charge is 0.496 e. The van der Waals surface area contributed by atoms with E-state index in [1.54, 1.807) is 27.3 Å². The number of hydrogen-bond acceptors (Lipinski definition) is 8. The van der Waals surface area contributed by atoms with Crippen molar-refractivity contribution in [2.75, 3.05) is 13.4 Å². The molecule has 9 heteroatoms. The van der Waals surface area contributed by atoms with E-state index < -0.39 is 0 Å². The molecule has 0 saturated carbocycles. The SMILES string of the molecule is COc1c(C)cc(/C(=C\CCCc2nnc(C)o2)c2cc(C)c3on(C)c(=O)c3c2)cc1C(=O)SC. The summed E-state index contributed by atoms with van der Waals surface area (Å²) < 4.78 is 17.9. The second-order valence-electron chi connectivity index (χ2n) is 8.65. The Labute approximate surface area is 213 Å². The lowest BCUT2D eigenvalue weighted by Gasteiger charge is -2.16. The average molecular weight is 508 g/mol. The molecule has 8 nitrogen and oxygen atoms in total. The van der Waals surface area contributed by atoms with Crippen LogP contribution in [0.3, 0.4) is 0 Å². The van der Waals surface area contributed by atoms with Gasteiger partial charge in [0, 0.05) is 20.4 Å². The van der Waals surface area contributed by atoms with Gasteiger partial charge in [0.05, 0.1) is 18.1 Å². The fourth-order valence-electron chi connectivity index (χ4n) is 4.36. The molecular weight excluding hydrogens is 478 g/mol. The number of thioether (sulfide) groups is 1. The van der Waals surface area contributed by atoms with Crippen LogP contribution in [-0.2, 0) is 13.5 Å². The minimum absolute atomic E-state index is 0.0711. The van der Waals surface area contributed by atoms with Crippen LogP contribution in [0.1, 0.15) is 57.2 Å². The van der Waals surface area contributed by atoms with Gasteiger partial charge >= 0.3 is 0 Å². The van der Waals surface area contributed by atoms with E-state index in [0.29, 0.717) is 40.5 Å². The molecule has 4 rings (SSSR count). The fraction of sp³-hybridized carbons (Fsp3) is 0.333. The van der Waals surface area contributed by atoms with Crippen molar-refractivity contribution in [3.05, 3.63) is 80.3 Å². The van der Waals surface area contributed by atoms with Gasteiger partial charge in [0.25, 0.3) is 5.56 Å². The van der Waals surface area contributed by atoms with Crippen LogP contribution in [0.5, 0.6) is 5.75 Å². The van der Waals surface area contributed by atoms with E-state index in [1.165, 1.54) is 4.74 Å². The number of hydrogen-bond donors (Lipinski definition) is 0. The van der Waals surface area contributed by atoms with Crippen molar-refractivity contribution in [3.8, 4) is 5.75 Å². The minimum Gasteiger partial charge on any atom is -0.496 e. The highest BCUT2D eigenvalue weighted by Crippen LogP contribution is 2.35. The lowest BCUT2D eigenvalue weighted by molar-refractivity contribution is 0.108. The van der Waals surface area contributed by atoms with Crippen molar-refractivity contribution in [3.63, 3.8) is 0 Å². The number of methoxy groups -OCH3 is 1. The molecular formula is C27H29N3O5S. The standard InChI is InChI=1S/C27H29N3O5S/c1-15-11-19(14-22(24(15)33-5)27(32)36-6)20(9-7-8-10-23-29-28-17(3)34-23)18-12-16(2)25-21(13-18)26(31)30(4)35-25/h9,11-14H,7-8,10H2,1-6H3/b20-9-. The topological polar surface area (TPSA) is 100 Å². The summed E-state index contributed by atoms with van der Waals surface area (Å²) in [6.07, 6.45) is 6.07. The number of aromatic nitrogens is 3. The molecule has 0 N–H and O–H groups in total.